The molecule has 3 aromatic rings. The molecule has 0 atom stereocenters. The normalized spacial score (nSPS) is 10.5. The van der Waals surface area contributed by atoms with Crippen LogP contribution in [0.25, 0.3) is 0 Å². The van der Waals surface area contributed by atoms with Gasteiger partial charge < -0.3 is 15.4 Å². The number of amides is 1. The molecule has 144 valence electrons. The van der Waals surface area contributed by atoms with Crippen LogP contribution in [-0.2, 0) is 11.4 Å². The van der Waals surface area contributed by atoms with Gasteiger partial charge in [-0.05, 0) is 35.2 Å². The number of ether oxygens (including phenoxy) is 1. The van der Waals surface area contributed by atoms with Gasteiger partial charge in [0.1, 0.15) is 12.4 Å². The van der Waals surface area contributed by atoms with Gasteiger partial charge in [0.25, 0.3) is 0 Å². The highest BCUT2D eigenvalue weighted by Gasteiger charge is 2.08. The van der Waals surface area contributed by atoms with Crippen molar-refractivity contribution >= 4 is 17.3 Å². The maximum Gasteiger partial charge on any atom is 0.243 e. The minimum Gasteiger partial charge on any atom is -0.489 e. The van der Waals surface area contributed by atoms with Gasteiger partial charge in [-0.1, -0.05) is 68.4 Å². The molecule has 0 aliphatic rings. The SMILES string of the molecule is CC(C)c1ccccc1NCC(=O)Nc1cccc(OCc2ccccc2)c1. The zero-order valence-corrected chi connectivity index (χ0v) is 16.3. The number of hydrogen-bond donors (Lipinski definition) is 2. The first-order valence-corrected chi connectivity index (χ1v) is 9.51. The summed E-state index contributed by atoms with van der Waals surface area (Å²) in [5.74, 6) is 1.02. The summed E-state index contributed by atoms with van der Waals surface area (Å²) in [7, 11) is 0. The fourth-order valence-corrected chi connectivity index (χ4v) is 2.95. The summed E-state index contributed by atoms with van der Waals surface area (Å²) < 4.78 is 5.82. The maximum absolute atomic E-state index is 12.3. The Morgan fingerprint density at radius 1 is 0.929 bits per heavy atom. The van der Waals surface area contributed by atoms with Crippen LogP contribution in [0.5, 0.6) is 5.75 Å². The molecule has 0 bridgehead atoms. The molecule has 0 saturated heterocycles. The predicted octanol–water partition coefficient (Wildman–Crippen LogP) is 5.44. The van der Waals surface area contributed by atoms with Crippen molar-refractivity contribution in [1.29, 1.82) is 0 Å². The van der Waals surface area contributed by atoms with E-state index >= 15 is 0 Å². The lowest BCUT2D eigenvalue weighted by molar-refractivity contribution is -0.114. The zero-order valence-electron chi connectivity index (χ0n) is 16.3. The molecule has 3 rings (SSSR count). The lowest BCUT2D eigenvalue weighted by Gasteiger charge is -2.14. The van der Waals surface area contributed by atoms with Gasteiger partial charge in [0.2, 0.25) is 5.91 Å². The van der Waals surface area contributed by atoms with E-state index in [1.54, 1.807) is 0 Å². The van der Waals surface area contributed by atoms with E-state index in [1.165, 1.54) is 5.56 Å². The highest BCUT2D eigenvalue weighted by atomic mass is 16.5. The first-order valence-electron chi connectivity index (χ1n) is 9.51. The lowest BCUT2D eigenvalue weighted by Crippen LogP contribution is -2.22. The van der Waals surface area contributed by atoms with E-state index in [0.29, 0.717) is 12.5 Å². The molecule has 4 nitrogen and oxygen atoms in total. The van der Waals surface area contributed by atoms with Gasteiger partial charge in [-0.15, -0.1) is 0 Å². The molecule has 0 fully saturated rings. The molecule has 0 radical (unpaired) electrons. The van der Waals surface area contributed by atoms with Gasteiger partial charge >= 0.3 is 0 Å². The standard InChI is InChI=1S/C24H26N2O2/c1-18(2)22-13-6-7-14-23(22)25-16-24(27)26-20-11-8-12-21(15-20)28-17-19-9-4-3-5-10-19/h3-15,18,25H,16-17H2,1-2H3,(H,26,27). The van der Waals surface area contributed by atoms with Crippen molar-refractivity contribution < 1.29 is 9.53 Å². The van der Waals surface area contributed by atoms with E-state index < -0.39 is 0 Å². The van der Waals surface area contributed by atoms with Crippen molar-refractivity contribution in [3.8, 4) is 5.75 Å². The van der Waals surface area contributed by atoms with E-state index in [-0.39, 0.29) is 12.5 Å². The first kappa shape index (κ1) is 19.5. The third-order valence-corrected chi connectivity index (χ3v) is 4.39. The van der Waals surface area contributed by atoms with E-state index in [9.17, 15) is 4.79 Å². The number of carbonyl (C=O) groups excluding carboxylic acids is 1. The number of anilines is 2. The van der Waals surface area contributed by atoms with Crippen LogP contribution in [0.4, 0.5) is 11.4 Å². The molecule has 2 N–H and O–H groups in total. The Morgan fingerprint density at radius 3 is 2.46 bits per heavy atom. The molecule has 0 aliphatic heterocycles. The molecule has 0 spiro atoms. The van der Waals surface area contributed by atoms with Gasteiger partial charge in [-0.25, -0.2) is 0 Å². The third-order valence-electron chi connectivity index (χ3n) is 4.39. The number of benzene rings is 3. The van der Waals surface area contributed by atoms with Crippen molar-refractivity contribution in [2.24, 2.45) is 0 Å². The molecule has 28 heavy (non-hydrogen) atoms. The monoisotopic (exact) mass is 374 g/mol. The number of nitrogens with one attached hydrogen (secondary N) is 2. The van der Waals surface area contributed by atoms with Gasteiger partial charge in [0.05, 0.1) is 6.54 Å². The summed E-state index contributed by atoms with van der Waals surface area (Å²) in [5, 5.41) is 6.15. The Balaban J connectivity index is 1.54. The fourth-order valence-electron chi connectivity index (χ4n) is 2.95. The Bertz CT molecular complexity index is 907. The second-order valence-electron chi connectivity index (χ2n) is 6.95. The number of carbonyl (C=O) groups is 1. The van der Waals surface area contributed by atoms with E-state index in [1.807, 2.05) is 72.8 Å². The number of rotatable bonds is 8. The minimum absolute atomic E-state index is 0.0984. The molecule has 0 aromatic heterocycles. The van der Waals surface area contributed by atoms with Gasteiger partial charge in [-0.2, -0.15) is 0 Å². The molecule has 0 unspecified atom stereocenters. The van der Waals surface area contributed by atoms with Crippen LogP contribution in [0.3, 0.4) is 0 Å². The van der Waals surface area contributed by atoms with Crippen molar-refractivity contribution in [1.82, 2.24) is 0 Å². The molecular weight excluding hydrogens is 348 g/mol. The second-order valence-corrected chi connectivity index (χ2v) is 6.95. The van der Waals surface area contributed by atoms with E-state index in [4.69, 9.17) is 4.74 Å². The fraction of sp³-hybridized carbons (Fsp3) is 0.208. The molecule has 0 aliphatic carbocycles. The van der Waals surface area contributed by atoms with Crippen LogP contribution in [0, 0.1) is 0 Å². The topological polar surface area (TPSA) is 50.4 Å². The average molecular weight is 374 g/mol. The van der Waals surface area contributed by atoms with Crippen LogP contribution in [0.2, 0.25) is 0 Å². The summed E-state index contributed by atoms with van der Waals surface area (Å²) in [6.45, 7) is 4.98. The highest BCUT2D eigenvalue weighted by Crippen LogP contribution is 2.23. The number of hydrogen-bond acceptors (Lipinski definition) is 3. The molecule has 0 heterocycles. The third kappa shape index (κ3) is 5.61. The smallest absolute Gasteiger partial charge is 0.243 e. The van der Waals surface area contributed by atoms with Gasteiger partial charge in [0.15, 0.2) is 0 Å². The van der Waals surface area contributed by atoms with Crippen molar-refractivity contribution in [2.75, 3.05) is 17.2 Å². The molecular formula is C24H26N2O2. The Morgan fingerprint density at radius 2 is 1.68 bits per heavy atom. The van der Waals surface area contributed by atoms with Gasteiger partial charge in [0, 0.05) is 17.4 Å². The lowest BCUT2D eigenvalue weighted by atomic mass is 10.0. The van der Waals surface area contributed by atoms with Crippen LogP contribution in [0.1, 0.15) is 30.9 Å². The quantitative estimate of drug-likeness (QED) is 0.552. The molecule has 1 amide bonds. The Hall–Kier alpha value is -3.27. The van der Waals surface area contributed by atoms with Crippen LogP contribution < -0.4 is 15.4 Å². The average Bonchev–Trinajstić information content (AvgIpc) is 2.72. The summed E-state index contributed by atoms with van der Waals surface area (Å²) in [5.41, 5.74) is 4.01. The Labute approximate surface area is 166 Å². The second kappa shape index (κ2) is 9.60. The summed E-state index contributed by atoms with van der Waals surface area (Å²) in [6, 6.07) is 25.5. The van der Waals surface area contributed by atoms with Gasteiger partial charge in [-0.3, -0.25) is 4.79 Å². The minimum atomic E-state index is -0.0984. The Kier molecular flexibility index (Phi) is 6.68. The van der Waals surface area contributed by atoms with E-state index in [0.717, 1.165) is 22.7 Å². The molecule has 3 aromatic carbocycles. The van der Waals surface area contributed by atoms with Crippen molar-refractivity contribution in [2.45, 2.75) is 26.4 Å². The van der Waals surface area contributed by atoms with Crippen LogP contribution >= 0.6 is 0 Å². The summed E-state index contributed by atoms with van der Waals surface area (Å²) in [4.78, 5) is 12.3. The highest BCUT2D eigenvalue weighted by molar-refractivity contribution is 5.94. The molecule has 4 heteroatoms. The van der Waals surface area contributed by atoms with E-state index in [2.05, 4.69) is 30.5 Å². The maximum atomic E-state index is 12.3. The first-order chi connectivity index (χ1) is 13.6. The largest absolute Gasteiger partial charge is 0.489 e. The van der Waals surface area contributed by atoms with Crippen molar-refractivity contribution in [3.05, 3.63) is 90.0 Å². The van der Waals surface area contributed by atoms with Crippen molar-refractivity contribution in [3.63, 3.8) is 0 Å². The summed E-state index contributed by atoms with van der Waals surface area (Å²) >= 11 is 0. The predicted molar refractivity (Wildman–Crippen MR) is 115 cm³/mol. The van der Waals surface area contributed by atoms with Crippen LogP contribution in [0.15, 0.2) is 78.9 Å². The van der Waals surface area contributed by atoms with Crippen LogP contribution in [-0.4, -0.2) is 12.5 Å². The number of para-hydroxylation sites is 1. The summed E-state index contributed by atoms with van der Waals surface area (Å²) in [6.07, 6.45) is 0. The zero-order chi connectivity index (χ0) is 19.8. The molecule has 0 saturated carbocycles.